The van der Waals surface area contributed by atoms with Gasteiger partial charge in [-0.2, -0.15) is 0 Å². The van der Waals surface area contributed by atoms with Gasteiger partial charge in [-0.15, -0.1) is 0 Å². The predicted molar refractivity (Wildman–Crippen MR) is 50.8 cm³/mol. The molecule has 0 spiro atoms. The van der Waals surface area contributed by atoms with Crippen LogP contribution in [0.1, 0.15) is 5.56 Å². The Bertz CT molecular complexity index is 486. The van der Waals surface area contributed by atoms with Gasteiger partial charge in [0.1, 0.15) is 10.1 Å². The van der Waals surface area contributed by atoms with Crippen molar-refractivity contribution in [3.63, 3.8) is 0 Å². The van der Waals surface area contributed by atoms with E-state index in [0.717, 1.165) is 6.07 Å². The summed E-state index contributed by atoms with van der Waals surface area (Å²) in [5, 5.41) is 9.05. The molecule has 8 heteroatoms. The first kappa shape index (κ1) is 15.5. The zero-order valence-corrected chi connectivity index (χ0v) is 12.2. The molecule has 0 unspecified atom stereocenters. The van der Waals surface area contributed by atoms with Crippen molar-refractivity contribution in [3.05, 3.63) is 21.7 Å². The topological polar surface area (TPSA) is 77.4 Å². The van der Waals surface area contributed by atoms with Gasteiger partial charge >= 0.3 is 29.6 Å². The van der Waals surface area contributed by atoms with Crippen LogP contribution in [0.4, 0.5) is 0 Å². The van der Waals surface area contributed by atoms with Gasteiger partial charge in [0.15, 0.2) is 5.75 Å². The van der Waals surface area contributed by atoms with Crippen molar-refractivity contribution in [2.75, 3.05) is 0 Å². The van der Waals surface area contributed by atoms with Crippen LogP contribution in [0.3, 0.4) is 0 Å². The largest absolute Gasteiger partial charge is 1.00 e. The number of hydrogen-bond acceptors (Lipinski definition) is 4. The molecule has 0 aliphatic rings. The molecule has 0 saturated heterocycles. The van der Waals surface area contributed by atoms with E-state index in [1.807, 2.05) is 0 Å². The average Bonchev–Trinajstić information content (AvgIpc) is 2.06. The number of phenols is 1. The van der Waals surface area contributed by atoms with Crippen LogP contribution >= 0.6 is 23.2 Å². The molecule has 1 aromatic carbocycles. The molecule has 0 atom stereocenters. The molecule has 0 amide bonds. The first-order chi connectivity index (χ1) is 6.25. The molecule has 0 aliphatic carbocycles. The van der Waals surface area contributed by atoms with Crippen molar-refractivity contribution in [2.24, 2.45) is 0 Å². The molecule has 78 valence electrons. The number of aromatic hydroxyl groups is 1. The minimum atomic E-state index is -4.76. The molecule has 0 aliphatic heterocycles. The van der Waals surface area contributed by atoms with Crippen molar-refractivity contribution >= 4 is 33.3 Å². The van der Waals surface area contributed by atoms with Gasteiger partial charge in [0, 0.05) is 5.02 Å². The molecule has 0 heterocycles. The molecule has 15 heavy (non-hydrogen) atoms. The second kappa shape index (κ2) is 5.23. The third-order valence-electron chi connectivity index (χ3n) is 1.66. The van der Waals surface area contributed by atoms with E-state index in [2.05, 4.69) is 0 Å². The van der Waals surface area contributed by atoms with Gasteiger partial charge < -0.3 is 9.66 Å². The Morgan fingerprint density at radius 3 is 2.27 bits per heavy atom. The fraction of sp³-hybridized carbons (Fsp3) is 0.143. The Hall–Kier alpha value is 0.510. The summed E-state index contributed by atoms with van der Waals surface area (Å²) in [5.41, 5.74) is 0.318. The van der Waals surface area contributed by atoms with Gasteiger partial charge in [0.2, 0.25) is 0 Å². The fourth-order valence-electron chi connectivity index (χ4n) is 0.873. The third-order valence-corrected chi connectivity index (χ3v) is 3.36. The number of hydrogen-bond donors (Lipinski definition) is 1. The van der Waals surface area contributed by atoms with Gasteiger partial charge in [0.05, 0.1) is 9.92 Å². The summed E-state index contributed by atoms with van der Waals surface area (Å²) in [6.07, 6.45) is 0. The van der Waals surface area contributed by atoms with Crippen LogP contribution in [0, 0.1) is 6.92 Å². The monoisotopic (exact) mass is 278 g/mol. The Morgan fingerprint density at radius 2 is 1.87 bits per heavy atom. The van der Waals surface area contributed by atoms with Crippen molar-refractivity contribution < 1.29 is 47.6 Å². The Labute approximate surface area is 119 Å². The molecule has 1 aromatic rings. The molecule has 0 saturated carbocycles. The Balaban J connectivity index is 0.00000196. The summed E-state index contributed by atoms with van der Waals surface area (Å²) in [7, 11) is -4.76. The van der Waals surface area contributed by atoms with E-state index < -0.39 is 20.8 Å². The van der Waals surface area contributed by atoms with Gasteiger partial charge in [-0.25, -0.2) is 8.42 Å². The number of benzene rings is 1. The number of rotatable bonds is 1. The molecule has 0 radical (unpaired) electrons. The van der Waals surface area contributed by atoms with E-state index in [4.69, 9.17) is 23.2 Å². The molecular weight excluding hydrogens is 274 g/mol. The molecular formula is C7H5Cl2NaO4S. The van der Waals surface area contributed by atoms with Crippen molar-refractivity contribution in [1.82, 2.24) is 0 Å². The summed E-state index contributed by atoms with van der Waals surface area (Å²) in [4.78, 5) is -0.807. The van der Waals surface area contributed by atoms with E-state index in [-0.39, 0.29) is 39.6 Å². The van der Waals surface area contributed by atoms with Crippen molar-refractivity contribution in [1.29, 1.82) is 0 Å². The second-order valence-corrected chi connectivity index (χ2v) is 4.73. The quantitative estimate of drug-likeness (QED) is 0.524. The molecule has 0 aromatic heterocycles. The maximum Gasteiger partial charge on any atom is 1.00 e. The van der Waals surface area contributed by atoms with Gasteiger partial charge in [-0.1, -0.05) is 23.2 Å². The van der Waals surface area contributed by atoms with Gasteiger partial charge in [-0.05, 0) is 18.6 Å². The smallest absolute Gasteiger partial charge is 0.744 e. The fourth-order valence-corrected chi connectivity index (χ4v) is 2.05. The number of phenolic OH excluding ortho intramolecular Hbond substituents is 1. The van der Waals surface area contributed by atoms with Gasteiger partial charge in [-0.3, -0.25) is 0 Å². The zero-order valence-electron chi connectivity index (χ0n) is 7.91. The average molecular weight is 279 g/mol. The summed E-state index contributed by atoms with van der Waals surface area (Å²) < 4.78 is 31.9. The standard InChI is InChI=1S/C7H6Cl2O4S.Na/c1-3-4(8)2-5(14(11,12)13)7(10)6(3)9;/h2,10H,1H3,(H,11,12,13);/q;+1/p-1. The zero-order chi connectivity index (χ0) is 11.1. The van der Waals surface area contributed by atoms with E-state index in [0.29, 0.717) is 5.56 Å². The van der Waals surface area contributed by atoms with Crippen LogP contribution in [0.15, 0.2) is 11.0 Å². The van der Waals surface area contributed by atoms with Gasteiger partial charge in [0.25, 0.3) is 0 Å². The van der Waals surface area contributed by atoms with Crippen LogP contribution in [-0.4, -0.2) is 18.1 Å². The summed E-state index contributed by atoms with van der Waals surface area (Å²) in [6.45, 7) is 1.49. The van der Waals surface area contributed by atoms with Crippen LogP contribution < -0.4 is 29.6 Å². The Kier molecular flexibility index (Phi) is 5.40. The van der Waals surface area contributed by atoms with Crippen molar-refractivity contribution in [2.45, 2.75) is 11.8 Å². The second-order valence-electron chi connectivity index (χ2n) is 2.60. The van der Waals surface area contributed by atoms with Crippen LogP contribution in [0.2, 0.25) is 10.0 Å². The van der Waals surface area contributed by atoms with E-state index >= 15 is 0 Å². The van der Waals surface area contributed by atoms with Crippen LogP contribution in [0.5, 0.6) is 5.75 Å². The SMILES string of the molecule is Cc1c(Cl)cc(S(=O)(=O)[O-])c(O)c1Cl.[Na+]. The Morgan fingerprint density at radius 1 is 1.40 bits per heavy atom. The van der Waals surface area contributed by atoms with Crippen LogP contribution in [0.25, 0.3) is 0 Å². The molecule has 0 bridgehead atoms. The molecule has 1 N–H and O–H groups in total. The van der Waals surface area contributed by atoms with Crippen molar-refractivity contribution in [3.8, 4) is 5.75 Å². The summed E-state index contributed by atoms with van der Waals surface area (Å²) in [6, 6.07) is 0.875. The minimum absolute atomic E-state index is 0. The van der Waals surface area contributed by atoms with E-state index in [9.17, 15) is 18.1 Å². The maximum absolute atomic E-state index is 10.6. The number of halogens is 2. The minimum Gasteiger partial charge on any atom is -0.744 e. The normalized spacial score (nSPS) is 10.9. The predicted octanol–water partition coefficient (Wildman–Crippen LogP) is -1.08. The molecule has 1 rings (SSSR count). The summed E-state index contributed by atoms with van der Waals surface area (Å²) >= 11 is 11.2. The summed E-state index contributed by atoms with van der Waals surface area (Å²) in [5.74, 6) is -0.761. The third kappa shape index (κ3) is 3.23. The van der Waals surface area contributed by atoms with E-state index in [1.165, 1.54) is 6.92 Å². The maximum atomic E-state index is 10.6. The first-order valence-electron chi connectivity index (χ1n) is 3.38. The van der Waals surface area contributed by atoms with Crippen LogP contribution in [-0.2, 0) is 10.1 Å². The molecule has 4 nitrogen and oxygen atoms in total. The van der Waals surface area contributed by atoms with E-state index in [1.54, 1.807) is 0 Å². The molecule has 0 fully saturated rings. The first-order valence-corrected chi connectivity index (χ1v) is 5.55.